The molecule has 6 rings (SSSR count). The van der Waals surface area contributed by atoms with Crippen molar-refractivity contribution in [1.82, 2.24) is 0 Å². The highest BCUT2D eigenvalue weighted by atomic mass is 16.6. The van der Waals surface area contributed by atoms with Crippen molar-refractivity contribution in [2.24, 2.45) is 0 Å². The maximum absolute atomic E-state index is 13.2. The third-order valence-corrected chi connectivity index (χ3v) is 7.51. The molecule has 0 N–H and O–H groups in total. The Kier molecular flexibility index (Phi) is 5.67. The number of benzene rings is 4. The number of nitrogens with zero attached hydrogens (tertiary/aromatic N) is 1. The topological polar surface area (TPSA) is 38.8 Å². The first-order valence-corrected chi connectivity index (χ1v) is 13.1. The Balaban J connectivity index is 1.58. The summed E-state index contributed by atoms with van der Waals surface area (Å²) < 4.78 is 13.0. The standard InChI is InChI=1S/C32H31NO3/c1-3-5-19-33(20-6-4-2)23-16-17-27-29(21-23)35-28-18-15-22-11-7-8-12-24(22)30(28)32(27)26-14-10-9-13-25(26)31(34)36-32/h7-18,21H,3-6,19-20H2,1-2H3. The average molecular weight is 478 g/mol. The molecule has 0 aromatic heterocycles. The maximum atomic E-state index is 13.2. The third-order valence-electron chi connectivity index (χ3n) is 7.51. The summed E-state index contributed by atoms with van der Waals surface area (Å²) in [5, 5.41) is 2.12. The normalized spacial score (nSPS) is 17.3. The van der Waals surface area contributed by atoms with Crippen molar-refractivity contribution in [2.45, 2.75) is 45.1 Å². The lowest BCUT2D eigenvalue weighted by atomic mass is 9.76. The van der Waals surface area contributed by atoms with Gasteiger partial charge in [0.1, 0.15) is 11.5 Å². The molecule has 2 aliphatic heterocycles. The van der Waals surface area contributed by atoms with Crippen LogP contribution >= 0.6 is 0 Å². The predicted octanol–water partition coefficient (Wildman–Crippen LogP) is 7.81. The van der Waals surface area contributed by atoms with Gasteiger partial charge in [-0.15, -0.1) is 0 Å². The Morgan fingerprint density at radius 2 is 1.53 bits per heavy atom. The second-order valence-corrected chi connectivity index (χ2v) is 9.75. The molecule has 0 amide bonds. The van der Waals surface area contributed by atoms with Crippen molar-refractivity contribution in [3.05, 3.63) is 101 Å². The van der Waals surface area contributed by atoms with Crippen LogP contribution in [0.5, 0.6) is 11.5 Å². The molecule has 4 heteroatoms. The lowest BCUT2D eigenvalue weighted by Crippen LogP contribution is -2.33. The van der Waals surface area contributed by atoms with Crippen LogP contribution in [0.3, 0.4) is 0 Å². The smallest absolute Gasteiger partial charge is 0.340 e. The molecule has 0 fully saturated rings. The molecule has 4 aromatic carbocycles. The number of hydrogen-bond acceptors (Lipinski definition) is 4. The molecular formula is C32H31NO3. The quantitative estimate of drug-likeness (QED) is 0.254. The molecule has 0 saturated heterocycles. The molecule has 2 heterocycles. The number of carbonyl (C=O) groups excluding carboxylic acids is 1. The summed E-state index contributed by atoms with van der Waals surface area (Å²) in [5.74, 6) is 1.18. The number of fused-ring (bicyclic) bond motifs is 8. The first-order chi connectivity index (χ1) is 17.7. The van der Waals surface area contributed by atoms with E-state index in [0.29, 0.717) is 5.56 Å². The van der Waals surface area contributed by atoms with Gasteiger partial charge in [-0.3, -0.25) is 0 Å². The van der Waals surface area contributed by atoms with Crippen LogP contribution in [0.4, 0.5) is 5.69 Å². The zero-order valence-electron chi connectivity index (χ0n) is 20.9. The van der Waals surface area contributed by atoms with Gasteiger partial charge in [-0.25, -0.2) is 4.79 Å². The molecule has 182 valence electrons. The van der Waals surface area contributed by atoms with E-state index in [-0.39, 0.29) is 5.97 Å². The molecule has 1 spiro atoms. The number of carbonyl (C=O) groups is 1. The van der Waals surface area contributed by atoms with E-state index in [0.717, 1.165) is 83.4 Å². The minimum atomic E-state index is -1.05. The largest absolute Gasteiger partial charge is 0.456 e. The van der Waals surface area contributed by atoms with E-state index in [2.05, 4.69) is 55.1 Å². The first kappa shape index (κ1) is 22.7. The Labute approximate surface area is 212 Å². The molecule has 1 atom stereocenters. The van der Waals surface area contributed by atoms with Gasteiger partial charge in [-0.2, -0.15) is 0 Å². The van der Waals surface area contributed by atoms with Crippen molar-refractivity contribution in [3.8, 4) is 11.5 Å². The fourth-order valence-corrected chi connectivity index (χ4v) is 5.71. The number of esters is 1. The van der Waals surface area contributed by atoms with E-state index in [1.54, 1.807) is 0 Å². The van der Waals surface area contributed by atoms with Crippen LogP contribution in [0.25, 0.3) is 10.8 Å². The van der Waals surface area contributed by atoms with Gasteiger partial charge in [-0.05, 0) is 47.9 Å². The molecule has 2 aliphatic rings. The number of ether oxygens (including phenoxy) is 2. The molecule has 0 saturated carbocycles. The second-order valence-electron chi connectivity index (χ2n) is 9.75. The van der Waals surface area contributed by atoms with E-state index in [1.165, 1.54) is 0 Å². The fraction of sp³-hybridized carbons (Fsp3) is 0.281. The monoisotopic (exact) mass is 477 g/mol. The number of anilines is 1. The van der Waals surface area contributed by atoms with Crippen molar-refractivity contribution in [2.75, 3.05) is 18.0 Å². The van der Waals surface area contributed by atoms with E-state index in [1.807, 2.05) is 42.5 Å². The summed E-state index contributed by atoms with van der Waals surface area (Å²) in [6.07, 6.45) is 4.59. The summed E-state index contributed by atoms with van der Waals surface area (Å²) in [5.41, 5.74) is 3.35. The van der Waals surface area contributed by atoms with Crippen molar-refractivity contribution in [1.29, 1.82) is 0 Å². The molecule has 0 aliphatic carbocycles. The minimum absolute atomic E-state index is 0.297. The Morgan fingerprint density at radius 1 is 0.778 bits per heavy atom. The summed E-state index contributed by atoms with van der Waals surface area (Å²) in [7, 11) is 0. The molecular weight excluding hydrogens is 446 g/mol. The average Bonchev–Trinajstić information content (AvgIpc) is 3.21. The SMILES string of the molecule is CCCCN(CCCC)c1ccc2c(c1)Oc1ccc3ccccc3c1C21OC(=O)c2ccccc21. The van der Waals surface area contributed by atoms with Gasteiger partial charge in [0.05, 0.1) is 11.1 Å². The first-order valence-electron chi connectivity index (χ1n) is 13.1. The summed E-state index contributed by atoms with van der Waals surface area (Å²) in [4.78, 5) is 15.7. The van der Waals surface area contributed by atoms with Crippen LogP contribution in [0.2, 0.25) is 0 Å². The Hall–Kier alpha value is -3.79. The van der Waals surface area contributed by atoms with Gasteiger partial charge in [0, 0.05) is 36.0 Å². The number of rotatable bonds is 7. The molecule has 0 bridgehead atoms. The Morgan fingerprint density at radius 3 is 2.33 bits per heavy atom. The highest BCUT2D eigenvalue weighted by Gasteiger charge is 2.54. The third kappa shape index (κ3) is 3.39. The Bertz CT molecular complexity index is 1450. The maximum Gasteiger partial charge on any atom is 0.340 e. The van der Waals surface area contributed by atoms with Crippen LogP contribution in [0.1, 0.15) is 66.6 Å². The zero-order chi connectivity index (χ0) is 24.7. The number of hydrogen-bond donors (Lipinski definition) is 0. The van der Waals surface area contributed by atoms with Crippen LogP contribution < -0.4 is 9.64 Å². The summed E-state index contributed by atoms with van der Waals surface area (Å²) >= 11 is 0. The van der Waals surface area contributed by atoms with Crippen molar-refractivity contribution < 1.29 is 14.3 Å². The van der Waals surface area contributed by atoms with Crippen LogP contribution in [0.15, 0.2) is 78.9 Å². The molecule has 4 aromatic rings. The van der Waals surface area contributed by atoms with Gasteiger partial charge in [-0.1, -0.05) is 75.2 Å². The highest BCUT2D eigenvalue weighted by molar-refractivity contribution is 6.00. The highest BCUT2D eigenvalue weighted by Crippen LogP contribution is 2.58. The lowest BCUT2D eigenvalue weighted by Gasteiger charge is -2.38. The van der Waals surface area contributed by atoms with Gasteiger partial charge >= 0.3 is 5.97 Å². The predicted molar refractivity (Wildman–Crippen MR) is 144 cm³/mol. The summed E-state index contributed by atoms with van der Waals surface area (Å²) in [6.45, 7) is 6.48. The van der Waals surface area contributed by atoms with E-state index >= 15 is 0 Å². The molecule has 36 heavy (non-hydrogen) atoms. The van der Waals surface area contributed by atoms with Gasteiger partial charge in [0.25, 0.3) is 0 Å². The van der Waals surface area contributed by atoms with Gasteiger partial charge in [0.15, 0.2) is 5.60 Å². The minimum Gasteiger partial charge on any atom is -0.456 e. The van der Waals surface area contributed by atoms with Crippen molar-refractivity contribution in [3.63, 3.8) is 0 Å². The van der Waals surface area contributed by atoms with E-state index in [4.69, 9.17) is 9.47 Å². The van der Waals surface area contributed by atoms with Crippen molar-refractivity contribution >= 4 is 22.4 Å². The lowest BCUT2D eigenvalue weighted by molar-refractivity contribution is 0.0229. The van der Waals surface area contributed by atoms with Gasteiger partial charge < -0.3 is 14.4 Å². The van der Waals surface area contributed by atoms with E-state index < -0.39 is 5.60 Å². The van der Waals surface area contributed by atoms with Crippen LogP contribution in [-0.4, -0.2) is 19.1 Å². The van der Waals surface area contributed by atoms with E-state index in [9.17, 15) is 4.79 Å². The zero-order valence-corrected chi connectivity index (χ0v) is 20.9. The molecule has 0 radical (unpaired) electrons. The number of unbranched alkanes of at least 4 members (excludes halogenated alkanes) is 2. The van der Waals surface area contributed by atoms with Gasteiger partial charge in [0.2, 0.25) is 0 Å². The summed E-state index contributed by atoms with van der Waals surface area (Å²) in [6, 6.07) is 26.5. The van der Waals surface area contributed by atoms with Crippen LogP contribution in [-0.2, 0) is 10.3 Å². The van der Waals surface area contributed by atoms with Crippen LogP contribution in [0, 0.1) is 0 Å². The molecule has 1 unspecified atom stereocenters. The molecule has 4 nitrogen and oxygen atoms in total. The second kappa shape index (κ2) is 9.02. The fourth-order valence-electron chi connectivity index (χ4n) is 5.71.